The number of hydrogen-bond donors (Lipinski definition) is 2. The molecular weight excluding hydrogens is 341 g/mol. The second kappa shape index (κ2) is 10.2. The molecule has 1 rings (SSSR count). The summed E-state index contributed by atoms with van der Waals surface area (Å²) in [5, 5.41) is 10.7. The van der Waals surface area contributed by atoms with Gasteiger partial charge in [-0.3, -0.25) is 4.68 Å². The zero-order valence-electron chi connectivity index (χ0n) is 11.4. The molecule has 2 N–H and O–H groups in total. The van der Waals surface area contributed by atoms with Crippen LogP contribution in [0.1, 0.15) is 32.4 Å². The normalized spacial score (nSPS) is 10.9. The van der Waals surface area contributed by atoms with Crippen LogP contribution in [0.5, 0.6) is 0 Å². The van der Waals surface area contributed by atoms with Gasteiger partial charge in [-0.05, 0) is 19.4 Å². The van der Waals surface area contributed by atoms with E-state index in [1.54, 1.807) is 6.20 Å². The highest BCUT2D eigenvalue weighted by Gasteiger charge is 1.99. The second-order valence-corrected chi connectivity index (χ2v) is 3.92. The van der Waals surface area contributed by atoms with Gasteiger partial charge in [0, 0.05) is 26.3 Å². The van der Waals surface area contributed by atoms with Crippen molar-refractivity contribution in [3.05, 3.63) is 18.0 Å². The number of aryl methyl sites for hydroxylation is 1. The number of aliphatic imine (C=N–C) groups is 1. The number of unbranched alkanes of at least 4 members (excludes halogenated alkanes) is 1. The first-order chi connectivity index (χ1) is 8.27. The molecule has 1 aromatic rings. The van der Waals surface area contributed by atoms with Gasteiger partial charge in [0.2, 0.25) is 0 Å². The van der Waals surface area contributed by atoms with Crippen LogP contribution in [-0.2, 0) is 13.6 Å². The van der Waals surface area contributed by atoms with E-state index in [4.69, 9.17) is 0 Å². The fourth-order valence-electron chi connectivity index (χ4n) is 1.44. The molecule has 0 atom stereocenters. The molecule has 0 aliphatic carbocycles. The summed E-state index contributed by atoms with van der Waals surface area (Å²) < 4.78 is 1.85. The number of halogens is 1. The van der Waals surface area contributed by atoms with Gasteiger partial charge in [-0.2, -0.15) is 5.10 Å². The summed E-state index contributed by atoms with van der Waals surface area (Å²) >= 11 is 0. The number of rotatable bonds is 6. The Morgan fingerprint density at radius 3 is 2.72 bits per heavy atom. The third kappa shape index (κ3) is 6.23. The van der Waals surface area contributed by atoms with Gasteiger partial charge in [0.05, 0.1) is 12.2 Å². The molecule has 0 spiro atoms. The molecule has 1 heterocycles. The molecule has 0 aromatic carbocycles. The summed E-state index contributed by atoms with van der Waals surface area (Å²) in [5.41, 5.74) is 1.11. The van der Waals surface area contributed by atoms with Crippen molar-refractivity contribution in [2.24, 2.45) is 12.0 Å². The van der Waals surface area contributed by atoms with E-state index in [0.29, 0.717) is 6.54 Å². The number of aromatic nitrogens is 2. The monoisotopic (exact) mass is 365 g/mol. The van der Waals surface area contributed by atoms with Crippen molar-refractivity contribution in [2.75, 3.05) is 13.1 Å². The molecule has 0 aliphatic heterocycles. The third-order valence-electron chi connectivity index (χ3n) is 2.49. The highest BCUT2D eigenvalue weighted by atomic mass is 127. The number of guanidine groups is 1. The van der Waals surface area contributed by atoms with Crippen molar-refractivity contribution in [1.29, 1.82) is 0 Å². The molecule has 0 bridgehead atoms. The maximum absolute atomic E-state index is 4.52. The molecule has 0 unspecified atom stereocenters. The standard InChI is InChI=1S/C12H23N5.HI/c1-4-6-8-14-12(13-5-2)15-10-11-7-9-16-17(11)3;/h7,9H,4-6,8,10H2,1-3H3,(H2,13,14,15);1H. The van der Waals surface area contributed by atoms with Crippen LogP contribution in [0, 0.1) is 0 Å². The molecule has 0 radical (unpaired) electrons. The highest BCUT2D eigenvalue weighted by molar-refractivity contribution is 14.0. The molecule has 18 heavy (non-hydrogen) atoms. The summed E-state index contributed by atoms with van der Waals surface area (Å²) in [6.45, 7) is 6.75. The quantitative estimate of drug-likeness (QED) is 0.350. The summed E-state index contributed by atoms with van der Waals surface area (Å²) in [6, 6.07) is 1.99. The van der Waals surface area contributed by atoms with Gasteiger partial charge in [-0.25, -0.2) is 4.99 Å². The van der Waals surface area contributed by atoms with Gasteiger partial charge in [0.15, 0.2) is 5.96 Å². The van der Waals surface area contributed by atoms with Gasteiger partial charge in [-0.1, -0.05) is 13.3 Å². The summed E-state index contributed by atoms with van der Waals surface area (Å²) in [6.07, 6.45) is 4.15. The highest BCUT2D eigenvalue weighted by Crippen LogP contribution is 1.97. The minimum Gasteiger partial charge on any atom is -0.357 e. The zero-order chi connectivity index (χ0) is 12.5. The molecular formula is C12H24IN5. The van der Waals surface area contributed by atoms with Crippen LogP contribution in [0.15, 0.2) is 17.3 Å². The maximum atomic E-state index is 4.52. The summed E-state index contributed by atoms with van der Waals surface area (Å²) in [7, 11) is 1.93. The van der Waals surface area contributed by atoms with Crippen molar-refractivity contribution in [3.63, 3.8) is 0 Å². The molecule has 6 heteroatoms. The van der Waals surface area contributed by atoms with Gasteiger partial charge in [0.1, 0.15) is 0 Å². The molecule has 0 aliphatic rings. The molecule has 5 nitrogen and oxygen atoms in total. The van der Waals surface area contributed by atoms with E-state index in [9.17, 15) is 0 Å². The van der Waals surface area contributed by atoms with Crippen molar-refractivity contribution >= 4 is 29.9 Å². The lowest BCUT2D eigenvalue weighted by Gasteiger charge is -2.10. The van der Waals surface area contributed by atoms with Crippen molar-refractivity contribution in [3.8, 4) is 0 Å². The van der Waals surface area contributed by atoms with Crippen LogP contribution in [0.3, 0.4) is 0 Å². The Bertz CT molecular complexity index is 348. The lowest BCUT2D eigenvalue weighted by molar-refractivity contribution is 0.701. The summed E-state index contributed by atoms with van der Waals surface area (Å²) in [5.74, 6) is 0.877. The largest absolute Gasteiger partial charge is 0.357 e. The van der Waals surface area contributed by atoms with Gasteiger partial charge in [-0.15, -0.1) is 24.0 Å². The average molecular weight is 365 g/mol. The molecule has 0 saturated heterocycles. The van der Waals surface area contributed by atoms with Gasteiger partial charge >= 0.3 is 0 Å². The van der Waals surface area contributed by atoms with Crippen LogP contribution in [0.2, 0.25) is 0 Å². The predicted octanol–water partition coefficient (Wildman–Crippen LogP) is 1.89. The fourth-order valence-corrected chi connectivity index (χ4v) is 1.44. The van der Waals surface area contributed by atoms with E-state index in [1.807, 2.05) is 17.8 Å². The van der Waals surface area contributed by atoms with Crippen LogP contribution < -0.4 is 10.6 Å². The first-order valence-corrected chi connectivity index (χ1v) is 6.27. The van der Waals surface area contributed by atoms with E-state index >= 15 is 0 Å². The lowest BCUT2D eigenvalue weighted by atomic mass is 10.3. The molecule has 0 fully saturated rings. The maximum Gasteiger partial charge on any atom is 0.191 e. The summed E-state index contributed by atoms with van der Waals surface area (Å²) in [4.78, 5) is 4.52. The van der Waals surface area contributed by atoms with E-state index in [1.165, 1.54) is 6.42 Å². The Morgan fingerprint density at radius 1 is 1.39 bits per heavy atom. The fraction of sp³-hybridized carbons (Fsp3) is 0.667. The topological polar surface area (TPSA) is 54.2 Å². The average Bonchev–Trinajstić information content (AvgIpc) is 2.72. The lowest BCUT2D eigenvalue weighted by Crippen LogP contribution is -2.37. The Hall–Kier alpha value is -0.790. The number of hydrogen-bond acceptors (Lipinski definition) is 2. The predicted molar refractivity (Wildman–Crippen MR) is 86.3 cm³/mol. The van der Waals surface area contributed by atoms with E-state index in [0.717, 1.165) is 31.2 Å². The smallest absolute Gasteiger partial charge is 0.191 e. The number of nitrogens with zero attached hydrogens (tertiary/aromatic N) is 3. The first-order valence-electron chi connectivity index (χ1n) is 6.27. The van der Waals surface area contributed by atoms with Crippen LogP contribution in [0.4, 0.5) is 0 Å². The van der Waals surface area contributed by atoms with Gasteiger partial charge in [0.25, 0.3) is 0 Å². The molecule has 0 saturated carbocycles. The zero-order valence-corrected chi connectivity index (χ0v) is 13.8. The SMILES string of the molecule is CCCCNC(=NCc1ccnn1C)NCC.I. The minimum absolute atomic E-state index is 0. The Labute approximate surface area is 126 Å². The Morgan fingerprint density at radius 2 is 2.17 bits per heavy atom. The Balaban J connectivity index is 0.00000289. The Kier molecular flexibility index (Phi) is 9.72. The third-order valence-corrected chi connectivity index (χ3v) is 2.49. The second-order valence-electron chi connectivity index (χ2n) is 3.92. The van der Waals surface area contributed by atoms with Crippen LogP contribution >= 0.6 is 24.0 Å². The molecule has 1 aromatic heterocycles. The van der Waals surface area contributed by atoms with Crippen molar-refractivity contribution in [1.82, 2.24) is 20.4 Å². The molecule has 104 valence electrons. The van der Waals surface area contributed by atoms with Crippen LogP contribution in [0.25, 0.3) is 0 Å². The van der Waals surface area contributed by atoms with Crippen molar-refractivity contribution in [2.45, 2.75) is 33.2 Å². The van der Waals surface area contributed by atoms with Crippen molar-refractivity contribution < 1.29 is 0 Å². The van der Waals surface area contributed by atoms with E-state index in [2.05, 4.69) is 34.6 Å². The van der Waals surface area contributed by atoms with Crippen LogP contribution in [-0.4, -0.2) is 28.8 Å². The van der Waals surface area contributed by atoms with E-state index in [-0.39, 0.29) is 24.0 Å². The van der Waals surface area contributed by atoms with Gasteiger partial charge < -0.3 is 10.6 Å². The number of nitrogens with one attached hydrogen (secondary N) is 2. The first kappa shape index (κ1) is 17.2. The minimum atomic E-state index is 0. The van der Waals surface area contributed by atoms with E-state index < -0.39 is 0 Å². The molecule has 0 amide bonds.